The summed E-state index contributed by atoms with van der Waals surface area (Å²) in [5.74, 6) is 0.956. The molecule has 4 heteroatoms. The molecule has 0 aliphatic rings. The van der Waals surface area contributed by atoms with Crippen molar-refractivity contribution in [1.29, 1.82) is 0 Å². The quantitative estimate of drug-likeness (QED) is 0.616. The van der Waals surface area contributed by atoms with E-state index in [2.05, 4.69) is 42.4 Å². The number of hydrogen-bond acceptors (Lipinski definition) is 4. The summed E-state index contributed by atoms with van der Waals surface area (Å²) in [7, 11) is 2.12. The molecule has 0 saturated heterocycles. The lowest BCUT2D eigenvalue weighted by molar-refractivity contribution is 0.286. The second kappa shape index (κ2) is 10.5. The van der Waals surface area contributed by atoms with Crippen molar-refractivity contribution in [2.75, 3.05) is 38.3 Å². The Morgan fingerprint density at radius 2 is 2.05 bits per heavy atom. The number of aliphatic hydroxyl groups excluding tert-OH is 1. The molecule has 1 rings (SSSR count). The van der Waals surface area contributed by atoms with Gasteiger partial charge < -0.3 is 20.1 Å². The molecule has 0 bridgehead atoms. The maximum atomic E-state index is 8.78. The first kappa shape index (κ1) is 17.8. The summed E-state index contributed by atoms with van der Waals surface area (Å²) >= 11 is 0. The van der Waals surface area contributed by atoms with Gasteiger partial charge in [0, 0.05) is 26.7 Å². The summed E-state index contributed by atoms with van der Waals surface area (Å²) in [4.78, 5) is 2.26. The van der Waals surface area contributed by atoms with Gasteiger partial charge >= 0.3 is 0 Å². The van der Waals surface area contributed by atoms with E-state index in [9.17, 15) is 0 Å². The molecular formula is C17H30N2O2. The third-order valence-electron chi connectivity index (χ3n) is 3.42. The predicted octanol–water partition coefficient (Wildman–Crippen LogP) is 2.79. The fraction of sp³-hybridized carbons (Fsp3) is 0.647. The largest absolute Gasteiger partial charge is 0.492 e. The van der Waals surface area contributed by atoms with Crippen LogP contribution in [0.15, 0.2) is 18.2 Å². The van der Waals surface area contributed by atoms with Gasteiger partial charge in [-0.25, -0.2) is 0 Å². The van der Waals surface area contributed by atoms with Crippen LogP contribution in [-0.2, 0) is 6.54 Å². The fourth-order valence-electron chi connectivity index (χ4n) is 2.21. The lowest BCUT2D eigenvalue weighted by Gasteiger charge is -2.22. The van der Waals surface area contributed by atoms with Crippen LogP contribution >= 0.6 is 0 Å². The maximum Gasteiger partial charge on any atom is 0.142 e. The molecule has 1 aromatic carbocycles. The lowest BCUT2D eigenvalue weighted by Crippen LogP contribution is -2.20. The van der Waals surface area contributed by atoms with Crippen molar-refractivity contribution in [3.8, 4) is 5.75 Å². The molecule has 2 N–H and O–H groups in total. The van der Waals surface area contributed by atoms with Crippen molar-refractivity contribution in [2.45, 2.75) is 39.7 Å². The third-order valence-corrected chi connectivity index (χ3v) is 3.42. The number of nitrogens with zero attached hydrogens (tertiary/aromatic N) is 1. The number of rotatable bonds is 11. The van der Waals surface area contributed by atoms with Gasteiger partial charge in [0.2, 0.25) is 0 Å². The van der Waals surface area contributed by atoms with Crippen molar-refractivity contribution >= 4 is 5.69 Å². The van der Waals surface area contributed by atoms with Gasteiger partial charge in [-0.1, -0.05) is 19.4 Å². The Labute approximate surface area is 129 Å². The zero-order chi connectivity index (χ0) is 15.5. The van der Waals surface area contributed by atoms with Crippen LogP contribution in [0.5, 0.6) is 5.75 Å². The minimum Gasteiger partial charge on any atom is -0.492 e. The van der Waals surface area contributed by atoms with Crippen LogP contribution in [-0.4, -0.2) is 38.5 Å². The average Bonchev–Trinajstić information content (AvgIpc) is 2.50. The van der Waals surface area contributed by atoms with Crippen LogP contribution in [0, 0.1) is 0 Å². The molecule has 21 heavy (non-hydrogen) atoms. The fourth-order valence-corrected chi connectivity index (χ4v) is 2.21. The van der Waals surface area contributed by atoms with Gasteiger partial charge in [-0.2, -0.15) is 0 Å². The predicted molar refractivity (Wildman–Crippen MR) is 89.2 cm³/mol. The second-order valence-electron chi connectivity index (χ2n) is 5.26. The number of unbranched alkanes of at least 4 members (excludes halogenated alkanes) is 1. The summed E-state index contributed by atoms with van der Waals surface area (Å²) in [6, 6.07) is 6.41. The van der Waals surface area contributed by atoms with Crippen molar-refractivity contribution in [2.24, 2.45) is 0 Å². The summed E-state index contributed by atoms with van der Waals surface area (Å²) in [6.07, 6.45) is 3.17. The number of aliphatic hydroxyl groups is 1. The van der Waals surface area contributed by atoms with Crippen molar-refractivity contribution in [3.05, 3.63) is 23.8 Å². The Morgan fingerprint density at radius 1 is 1.24 bits per heavy atom. The summed E-state index contributed by atoms with van der Waals surface area (Å²) < 4.78 is 5.80. The van der Waals surface area contributed by atoms with E-state index < -0.39 is 0 Å². The minimum absolute atomic E-state index is 0.234. The molecule has 0 spiro atoms. The smallest absolute Gasteiger partial charge is 0.142 e. The van der Waals surface area contributed by atoms with Crippen LogP contribution in [0.1, 0.15) is 38.7 Å². The molecule has 0 saturated carbocycles. The van der Waals surface area contributed by atoms with Crippen LogP contribution < -0.4 is 15.0 Å². The van der Waals surface area contributed by atoms with E-state index in [0.29, 0.717) is 6.61 Å². The van der Waals surface area contributed by atoms with E-state index in [1.165, 1.54) is 18.4 Å². The number of ether oxygens (including phenoxy) is 1. The first-order chi connectivity index (χ1) is 10.2. The standard InChI is InChI=1S/C17H30N2O2/c1-4-6-11-19(3)16-9-8-15(13-17(16)21-5-2)14-18-10-7-12-20/h8-9,13,18,20H,4-7,10-12,14H2,1-3H3. The van der Waals surface area contributed by atoms with Crippen molar-refractivity contribution in [1.82, 2.24) is 5.32 Å². The Hall–Kier alpha value is -1.26. The molecule has 1 aromatic rings. The first-order valence-corrected chi connectivity index (χ1v) is 8.01. The molecule has 0 heterocycles. The molecule has 0 radical (unpaired) electrons. The normalized spacial score (nSPS) is 10.7. The Balaban J connectivity index is 2.71. The van der Waals surface area contributed by atoms with Crippen LogP contribution in [0.25, 0.3) is 0 Å². The van der Waals surface area contributed by atoms with Crippen molar-refractivity contribution < 1.29 is 9.84 Å². The Bertz CT molecular complexity index is 396. The first-order valence-electron chi connectivity index (χ1n) is 8.01. The molecule has 4 nitrogen and oxygen atoms in total. The van der Waals surface area contributed by atoms with Crippen molar-refractivity contribution in [3.63, 3.8) is 0 Å². The van der Waals surface area contributed by atoms with E-state index >= 15 is 0 Å². The zero-order valence-electron chi connectivity index (χ0n) is 13.7. The SMILES string of the molecule is CCCCN(C)c1ccc(CNCCCO)cc1OCC. The van der Waals surface area contributed by atoms with Crippen LogP contribution in [0.4, 0.5) is 5.69 Å². The van der Waals surface area contributed by atoms with Gasteiger partial charge in [-0.3, -0.25) is 0 Å². The number of hydrogen-bond donors (Lipinski definition) is 2. The highest BCUT2D eigenvalue weighted by Crippen LogP contribution is 2.29. The molecule has 0 amide bonds. The van der Waals surface area contributed by atoms with Gasteiger partial charge in [0.1, 0.15) is 5.75 Å². The van der Waals surface area contributed by atoms with E-state index in [0.717, 1.165) is 37.5 Å². The minimum atomic E-state index is 0.234. The molecular weight excluding hydrogens is 264 g/mol. The van der Waals surface area contributed by atoms with Gasteiger partial charge in [0.15, 0.2) is 0 Å². The van der Waals surface area contributed by atoms with Gasteiger partial charge in [0.25, 0.3) is 0 Å². The Morgan fingerprint density at radius 3 is 2.71 bits per heavy atom. The van der Waals surface area contributed by atoms with Gasteiger partial charge in [-0.15, -0.1) is 0 Å². The Kier molecular flexibility index (Phi) is 8.87. The molecule has 0 fully saturated rings. The molecule has 0 aromatic heterocycles. The molecule has 0 unspecified atom stereocenters. The van der Waals surface area contributed by atoms with Gasteiger partial charge in [0.05, 0.1) is 12.3 Å². The molecule has 0 atom stereocenters. The monoisotopic (exact) mass is 294 g/mol. The number of anilines is 1. The highest BCUT2D eigenvalue weighted by Gasteiger charge is 2.09. The second-order valence-corrected chi connectivity index (χ2v) is 5.26. The summed E-state index contributed by atoms with van der Waals surface area (Å²) in [5.41, 5.74) is 2.37. The number of nitrogens with one attached hydrogen (secondary N) is 1. The van der Waals surface area contributed by atoms with E-state index in [4.69, 9.17) is 9.84 Å². The molecule has 0 aliphatic carbocycles. The lowest BCUT2D eigenvalue weighted by atomic mass is 10.1. The van der Waals surface area contributed by atoms with Crippen LogP contribution in [0.3, 0.4) is 0 Å². The maximum absolute atomic E-state index is 8.78. The molecule has 120 valence electrons. The molecule has 0 aliphatic heterocycles. The van der Waals surface area contributed by atoms with Gasteiger partial charge in [-0.05, 0) is 44.0 Å². The third kappa shape index (κ3) is 6.36. The topological polar surface area (TPSA) is 44.7 Å². The average molecular weight is 294 g/mol. The number of benzene rings is 1. The van der Waals surface area contributed by atoms with E-state index in [-0.39, 0.29) is 6.61 Å². The highest BCUT2D eigenvalue weighted by molar-refractivity contribution is 5.59. The highest BCUT2D eigenvalue weighted by atomic mass is 16.5. The van der Waals surface area contributed by atoms with E-state index in [1.54, 1.807) is 0 Å². The summed E-state index contributed by atoms with van der Waals surface area (Å²) in [6.45, 7) is 7.82. The summed E-state index contributed by atoms with van der Waals surface area (Å²) in [5, 5.41) is 12.1. The zero-order valence-corrected chi connectivity index (χ0v) is 13.7. The van der Waals surface area contributed by atoms with E-state index in [1.807, 2.05) is 6.92 Å². The van der Waals surface area contributed by atoms with Crippen LogP contribution in [0.2, 0.25) is 0 Å².